The third-order valence-corrected chi connectivity index (χ3v) is 11.4. The minimum Gasteiger partial charge on any atom is -0.871 e. The Morgan fingerprint density at radius 3 is 0.952 bits per heavy atom. The predicted molar refractivity (Wildman–Crippen MR) is 226 cm³/mol. The van der Waals surface area contributed by atoms with Crippen molar-refractivity contribution < 1.29 is 95.3 Å². The maximum atomic E-state index is 13.1. The van der Waals surface area contributed by atoms with Crippen molar-refractivity contribution in [3.63, 3.8) is 0 Å². The van der Waals surface area contributed by atoms with Crippen LogP contribution in [0.1, 0.15) is 0 Å². The number of fused-ring (bicyclic) bond motifs is 2. The Hall–Kier alpha value is -5.50. The van der Waals surface area contributed by atoms with Gasteiger partial charge in [-0.15, -0.1) is 10.2 Å². The second kappa shape index (κ2) is 18.5. The van der Waals surface area contributed by atoms with Crippen molar-refractivity contribution in [2.24, 2.45) is 20.5 Å². The van der Waals surface area contributed by atoms with Crippen LogP contribution in [0.15, 0.2) is 176 Å². The maximum absolute atomic E-state index is 13.1. The Labute approximate surface area is 399 Å². The van der Waals surface area contributed by atoms with Gasteiger partial charge in [0.25, 0.3) is 20.2 Å². The van der Waals surface area contributed by atoms with Gasteiger partial charge in [0, 0.05) is 11.4 Å². The fourth-order valence-corrected chi connectivity index (χ4v) is 7.97. The van der Waals surface area contributed by atoms with Gasteiger partial charge < -0.3 is 21.7 Å². The molecule has 0 saturated heterocycles. The number of hydrogen-bond donors (Lipinski definition) is 4. The van der Waals surface area contributed by atoms with Crippen molar-refractivity contribution in [3.8, 4) is 44.9 Å². The molecule has 8 aromatic rings. The molecule has 0 fully saturated rings. The first kappa shape index (κ1) is 46.0. The monoisotopic (exact) mass is 880 g/mol. The molecule has 0 heterocycles. The number of benzene rings is 8. The zero-order chi connectivity index (χ0) is 42.3. The van der Waals surface area contributed by atoms with Crippen LogP contribution in [-0.2, 0) is 20.2 Å². The number of nitrogens with zero attached hydrogens (tertiary/aromatic N) is 4. The molecule has 0 bridgehead atoms. The maximum Gasteiger partial charge on any atom is 1.00 e. The summed E-state index contributed by atoms with van der Waals surface area (Å²) in [5.41, 5.74) is 17.4. The zero-order valence-electron chi connectivity index (χ0n) is 33.0. The molecule has 0 aromatic heterocycles. The van der Waals surface area contributed by atoms with Crippen molar-refractivity contribution in [1.82, 2.24) is 0 Å². The Kier molecular flexibility index (Phi) is 13.7. The predicted octanol–water partition coefficient (Wildman–Crippen LogP) is 3.64. The Morgan fingerprint density at radius 1 is 0.403 bits per heavy atom. The Morgan fingerprint density at radius 2 is 0.677 bits per heavy atom. The molecule has 0 aliphatic heterocycles. The third kappa shape index (κ3) is 9.75. The number of nitrogens with two attached hydrogens (primary N) is 2. The summed E-state index contributed by atoms with van der Waals surface area (Å²) in [6, 6.07) is 40.9. The van der Waals surface area contributed by atoms with Gasteiger partial charge in [0.15, 0.2) is 0 Å². The molecule has 0 amide bonds. The molecule has 0 saturated carbocycles. The van der Waals surface area contributed by atoms with Gasteiger partial charge in [-0.2, -0.15) is 27.1 Å². The van der Waals surface area contributed by atoms with Crippen molar-refractivity contribution in [2.75, 3.05) is 11.5 Å². The van der Waals surface area contributed by atoms with Crippen LogP contribution in [-0.4, -0.2) is 25.9 Å². The van der Waals surface area contributed by atoms with E-state index in [0.29, 0.717) is 22.7 Å². The van der Waals surface area contributed by atoms with Crippen LogP contribution in [0.3, 0.4) is 0 Å². The van der Waals surface area contributed by atoms with E-state index in [1.807, 2.05) is 72.8 Å². The van der Waals surface area contributed by atoms with Crippen LogP contribution in [0, 0.1) is 0 Å². The molecule has 18 heteroatoms. The largest absolute Gasteiger partial charge is 1.00 e. The normalized spacial score (nSPS) is 11.8. The molecule has 0 aliphatic rings. The van der Waals surface area contributed by atoms with E-state index in [1.165, 1.54) is 36.4 Å². The van der Waals surface area contributed by atoms with Crippen LogP contribution >= 0.6 is 0 Å². The minimum atomic E-state index is -4.80. The molecule has 0 spiro atoms. The number of azo groups is 2. The third-order valence-electron chi connectivity index (χ3n) is 9.70. The Bertz CT molecular complexity index is 3060. The fraction of sp³-hybridized carbons (Fsp3) is 0. The average molecular weight is 881 g/mol. The molecule has 0 unspecified atom stereocenters. The van der Waals surface area contributed by atoms with Gasteiger partial charge in [-0.3, -0.25) is 9.11 Å². The van der Waals surface area contributed by atoms with E-state index in [4.69, 9.17) is 11.5 Å². The van der Waals surface area contributed by atoms with Gasteiger partial charge in [0.05, 0.1) is 22.7 Å². The zero-order valence-corrected chi connectivity index (χ0v) is 38.6. The first-order valence-corrected chi connectivity index (χ1v) is 20.8. The van der Waals surface area contributed by atoms with E-state index in [1.54, 1.807) is 24.3 Å². The summed E-state index contributed by atoms with van der Waals surface area (Å²) in [7, 11) is -9.59. The van der Waals surface area contributed by atoms with E-state index in [2.05, 4.69) is 20.5 Å². The fourth-order valence-electron chi connectivity index (χ4n) is 6.66. The summed E-state index contributed by atoms with van der Waals surface area (Å²) < 4.78 is 68.1. The van der Waals surface area contributed by atoms with Crippen molar-refractivity contribution in [2.45, 2.75) is 9.79 Å². The van der Waals surface area contributed by atoms with Crippen LogP contribution < -0.4 is 80.8 Å². The summed E-state index contributed by atoms with van der Waals surface area (Å²) in [4.78, 5) is -1.33. The van der Waals surface area contributed by atoms with E-state index >= 15 is 0 Å². The summed E-state index contributed by atoms with van der Waals surface area (Å²) in [5.74, 6) is -1.42. The summed E-state index contributed by atoms with van der Waals surface area (Å²) in [6.45, 7) is 0. The van der Waals surface area contributed by atoms with Crippen LogP contribution in [0.5, 0.6) is 11.5 Å². The van der Waals surface area contributed by atoms with Crippen molar-refractivity contribution in [1.29, 1.82) is 0 Å². The van der Waals surface area contributed by atoms with Crippen molar-refractivity contribution in [3.05, 3.63) is 146 Å². The molecule has 8 rings (SSSR count). The number of anilines is 2. The summed E-state index contributed by atoms with van der Waals surface area (Å²) in [5, 5.41) is 43.1. The number of nitrogen functional groups attached to an aromatic ring is 2. The first-order valence-electron chi connectivity index (χ1n) is 17.9. The van der Waals surface area contributed by atoms with Crippen LogP contribution in [0.4, 0.5) is 34.1 Å². The minimum absolute atomic E-state index is 0. The summed E-state index contributed by atoms with van der Waals surface area (Å²) >= 11 is 0. The van der Waals surface area contributed by atoms with E-state index in [9.17, 15) is 36.2 Å². The number of hydrogen-bond acceptors (Lipinski definition) is 12. The number of rotatable bonds is 9. The van der Waals surface area contributed by atoms with Crippen LogP contribution in [0.2, 0.25) is 0 Å². The van der Waals surface area contributed by atoms with Gasteiger partial charge in [0.2, 0.25) is 0 Å². The summed E-state index contributed by atoms with van der Waals surface area (Å²) in [6.07, 6.45) is 0. The first-order chi connectivity index (χ1) is 28.6. The molecular formula is C44H30N6Na2O8S2. The second-order valence-electron chi connectivity index (χ2n) is 13.7. The van der Waals surface area contributed by atoms with Crippen molar-refractivity contribution >= 4 is 75.9 Å². The standard InChI is InChI=1S/C44H32N6O8S2.2Na/c45-33-13-19-37-31(21-33)23-39(59(53,54)55)41(43(37)51)49-47-35-15-9-29(10-16-35)27-5-1-25(2-6-27)26-3-7-28(8-4-26)30-11-17-36(18-12-30)48-50-42-40(60(56,57)58)24-32-22-34(46)14-20-38(32)44(42)52;;/h1-24,51-52H,45-46H2,(H,53,54,55)(H,56,57,58);;/q;2*+1/p-2. The van der Waals surface area contributed by atoms with Gasteiger partial charge in [-0.1, -0.05) is 96.4 Å². The molecule has 0 aliphatic carbocycles. The topological polar surface area (TPSA) is 256 Å². The van der Waals surface area contributed by atoms with Gasteiger partial charge in [-0.05, 0) is 116 Å². The molecule has 8 aromatic carbocycles. The quantitative estimate of drug-likeness (QED) is 0.0709. The molecule has 6 N–H and O–H groups in total. The van der Waals surface area contributed by atoms with E-state index < -0.39 is 52.9 Å². The van der Waals surface area contributed by atoms with Crippen LogP contribution in [0.25, 0.3) is 54.9 Å². The average Bonchev–Trinajstić information content (AvgIpc) is 3.22. The molecule has 14 nitrogen and oxygen atoms in total. The second-order valence-corrected chi connectivity index (χ2v) is 16.4. The van der Waals surface area contributed by atoms with Gasteiger partial charge in [0.1, 0.15) is 9.79 Å². The Balaban J connectivity index is 0.00000321. The SMILES string of the molecule is Nc1ccc2c([O-])c(N=Nc3ccc(-c4ccc(-c5ccc(-c6ccc(N=Nc7c(S(=O)(=O)O)cc8cc(N)ccc8c7[O-])cc6)cc5)cc4)cc3)c(S(=O)(=O)O)cc2c1.[Na+].[Na+]. The molecule has 0 atom stereocenters. The molecule has 62 heavy (non-hydrogen) atoms. The van der Waals surface area contributed by atoms with Gasteiger partial charge in [-0.25, -0.2) is 0 Å². The smallest absolute Gasteiger partial charge is 0.871 e. The van der Waals surface area contributed by atoms with Gasteiger partial charge >= 0.3 is 59.1 Å². The molecule has 0 radical (unpaired) electrons. The van der Waals surface area contributed by atoms with E-state index in [-0.39, 0.29) is 80.7 Å². The van der Waals surface area contributed by atoms with E-state index in [0.717, 1.165) is 45.5 Å². The molecular weight excluding hydrogens is 851 g/mol. The molecule has 298 valence electrons.